The highest BCUT2D eigenvalue weighted by Gasteiger charge is 2.42. The zero-order chi connectivity index (χ0) is 17.4. The van der Waals surface area contributed by atoms with Crippen LogP contribution in [0.5, 0.6) is 0 Å². The van der Waals surface area contributed by atoms with Crippen LogP contribution in [0.1, 0.15) is 50.0 Å². The van der Waals surface area contributed by atoms with E-state index in [0.29, 0.717) is 18.0 Å². The van der Waals surface area contributed by atoms with E-state index in [1.54, 1.807) is 6.20 Å². The predicted molar refractivity (Wildman–Crippen MR) is 97.1 cm³/mol. The number of urea groups is 1. The van der Waals surface area contributed by atoms with Crippen molar-refractivity contribution in [2.75, 3.05) is 0 Å². The van der Waals surface area contributed by atoms with Gasteiger partial charge in [0.1, 0.15) is 11.9 Å². The molecule has 0 saturated heterocycles. The predicted octanol–water partition coefficient (Wildman–Crippen LogP) is 3.48. The van der Waals surface area contributed by atoms with E-state index in [4.69, 9.17) is 0 Å². The lowest BCUT2D eigenvalue weighted by Gasteiger charge is -2.31. The number of imidazole rings is 1. The SMILES string of the molecule is C[C@H](C1CC1)N(C(=O)N[C@@H](c1ccccc1)c1nccn1C)C1CC1. The second-order valence-electron chi connectivity index (χ2n) is 7.41. The largest absolute Gasteiger partial charge is 0.336 e. The number of rotatable bonds is 6. The highest BCUT2D eigenvalue weighted by atomic mass is 16.2. The van der Waals surface area contributed by atoms with Crippen LogP contribution in [-0.2, 0) is 7.05 Å². The van der Waals surface area contributed by atoms with Crippen LogP contribution in [-0.4, -0.2) is 32.6 Å². The van der Waals surface area contributed by atoms with Gasteiger partial charge in [-0.3, -0.25) is 0 Å². The van der Waals surface area contributed by atoms with Gasteiger partial charge in [0, 0.05) is 31.5 Å². The Labute approximate surface area is 149 Å². The first kappa shape index (κ1) is 16.2. The second-order valence-corrected chi connectivity index (χ2v) is 7.41. The Kier molecular flexibility index (Phi) is 4.24. The number of nitrogens with zero attached hydrogens (tertiary/aromatic N) is 3. The zero-order valence-corrected chi connectivity index (χ0v) is 14.9. The average Bonchev–Trinajstić information content (AvgIpc) is 3.52. The summed E-state index contributed by atoms with van der Waals surface area (Å²) >= 11 is 0. The van der Waals surface area contributed by atoms with Crippen LogP contribution in [0, 0.1) is 5.92 Å². The van der Waals surface area contributed by atoms with E-state index in [1.165, 1.54) is 12.8 Å². The van der Waals surface area contributed by atoms with Crippen molar-refractivity contribution in [2.24, 2.45) is 13.0 Å². The molecule has 2 amide bonds. The third kappa shape index (κ3) is 3.41. The summed E-state index contributed by atoms with van der Waals surface area (Å²) in [4.78, 5) is 19.7. The lowest BCUT2D eigenvalue weighted by Crippen LogP contribution is -2.48. The molecule has 1 aromatic carbocycles. The molecule has 0 spiro atoms. The van der Waals surface area contributed by atoms with Gasteiger partial charge in [0.15, 0.2) is 0 Å². The number of benzene rings is 1. The third-order valence-electron chi connectivity index (χ3n) is 5.44. The van der Waals surface area contributed by atoms with Crippen LogP contribution in [0.15, 0.2) is 42.7 Å². The number of carbonyl (C=O) groups excluding carboxylic acids is 1. The van der Waals surface area contributed by atoms with Crippen LogP contribution in [0.4, 0.5) is 4.79 Å². The molecule has 1 heterocycles. The summed E-state index contributed by atoms with van der Waals surface area (Å²) in [5.41, 5.74) is 1.06. The number of nitrogens with one attached hydrogen (secondary N) is 1. The Balaban J connectivity index is 1.59. The molecule has 0 radical (unpaired) electrons. The Bertz CT molecular complexity index is 733. The summed E-state index contributed by atoms with van der Waals surface area (Å²) in [5, 5.41) is 3.27. The first-order valence-corrected chi connectivity index (χ1v) is 9.26. The monoisotopic (exact) mass is 338 g/mol. The lowest BCUT2D eigenvalue weighted by molar-refractivity contribution is 0.164. The number of aryl methyl sites for hydroxylation is 1. The smallest absolute Gasteiger partial charge is 0.318 e. The minimum absolute atomic E-state index is 0.0405. The van der Waals surface area contributed by atoms with Crippen molar-refractivity contribution >= 4 is 6.03 Å². The molecule has 5 heteroatoms. The molecule has 5 nitrogen and oxygen atoms in total. The highest BCUT2D eigenvalue weighted by Crippen LogP contribution is 2.40. The van der Waals surface area contributed by atoms with Gasteiger partial charge in [-0.25, -0.2) is 9.78 Å². The fraction of sp³-hybridized carbons (Fsp3) is 0.500. The maximum Gasteiger partial charge on any atom is 0.318 e. The van der Waals surface area contributed by atoms with E-state index in [1.807, 2.05) is 48.1 Å². The highest BCUT2D eigenvalue weighted by molar-refractivity contribution is 5.76. The summed E-state index contributed by atoms with van der Waals surface area (Å²) in [6.07, 6.45) is 8.45. The van der Waals surface area contributed by atoms with Crippen molar-refractivity contribution in [1.82, 2.24) is 19.8 Å². The molecule has 1 aromatic heterocycles. The summed E-state index contributed by atoms with van der Waals surface area (Å²) < 4.78 is 1.98. The standard InChI is InChI=1S/C20H26N4O/c1-14(15-8-9-15)24(17-10-11-17)20(25)22-18(16-6-4-3-5-7-16)19-21-12-13-23(19)2/h3-7,12-15,17-18H,8-11H2,1-2H3,(H,22,25)/t14-,18+/m1/s1. The first-order valence-electron chi connectivity index (χ1n) is 9.26. The quantitative estimate of drug-likeness (QED) is 0.876. The minimum Gasteiger partial charge on any atom is -0.336 e. The molecule has 4 rings (SSSR count). The van der Waals surface area contributed by atoms with Gasteiger partial charge >= 0.3 is 6.03 Å². The normalized spacial score (nSPS) is 19.3. The van der Waals surface area contributed by atoms with Gasteiger partial charge < -0.3 is 14.8 Å². The van der Waals surface area contributed by atoms with Gasteiger partial charge in [-0.2, -0.15) is 0 Å². The summed E-state index contributed by atoms with van der Waals surface area (Å²) in [6, 6.07) is 10.6. The Morgan fingerprint density at radius 3 is 2.52 bits per heavy atom. The van der Waals surface area contributed by atoms with Crippen molar-refractivity contribution in [3.8, 4) is 0 Å². The molecule has 2 atom stereocenters. The van der Waals surface area contributed by atoms with Crippen molar-refractivity contribution in [3.05, 3.63) is 54.1 Å². The molecule has 25 heavy (non-hydrogen) atoms. The fourth-order valence-corrected chi connectivity index (χ4v) is 3.64. The van der Waals surface area contributed by atoms with E-state index in [0.717, 1.165) is 24.2 Å². The molecule has 2 fully saturated rings. The molecule has 0 bridgehead atoms. The van der Waals surface area contributed by atoms with Gasteiger partial charge in [-0.1, -0.05) is 30.3 Å². The van der Waals surface area contributed by atoms with Crippen molar-refractivity contribution < 1.29 is 4.79 Å². The van der Waals surface area contributed by atoms with Crippen molar-refractivity contribution in [3.63, 3.8) is 0 Å². The van der Waals surface area contributed by atoms with Gasteiger partial charge in [0.25, 0.3) is 0 Å². The first-order chi connectivity index (χ1) is 12.1. The summed E-state index contributed by atoms with van der Waals surface area (Å²) in [7, 11) is 1.97. The molecular weight excluding hydrogens is 312 g/mol. The maximum atomic E-state index is 13.2. The molecule has 0 unspecified atom stereocenters. The topological polar surface area (TPSA) is 50.2 Å². The molecule has 1 N–H and O–H groups in total. The molecule has 2 saturated carbocycles. The van der Waals surface area contributed by atoms with Crippen LogP contribution in [0.2, 0.25) is 0 Å². The Morgan fingerprint density at radius 1 is 1.24 bits per heavy atom. The van der Waals surface area contributed by atoms with E-state index in [-0.39, 0.29) is 12.1 Å². The second kappa shape index (κ2) is 6.54. The summed E-state index contributed by atoms with van der Waals surface area (Å²) in [6.45, 7) is 2.20. The van der Waals surface area contributed by atoms with Crippen molar-refractivity contribution in [2.45, 2.75) is 50.7 Å². The Morgan fingerprint density at radius 2 is 1.96 bits per heavy atom. The molecular formula is C20H26N4O. The zero-order valence-electron chi connectivity index (χ0n) is 14.9. The maximum absolute atomic E-state index is 13.2. The van der Waals surface area contributed by atoms with E-state index >= 15 is 0 Å². The minimum atomic E-state index is -0.235. The fourth-order valence-electron chi connectivity index (χ4n) is 3.64. The van der Waals surface area contributed by atoms with E-state index in [2.05, 4.69) is 22.1 Å². The number of aromatic nitrogens is 2. The summed E-state index contributed by atoms with van der Waals surface area (Å²) in [5.74, 6) is 1.53. The van der Waals surface area contributed by atoms with Gasteiger partial charge in [0.05, 0.1) is 0 Å². The van der Waals surface area contributed by atoms with Crippen LogP contribution < -0.4 is 5.32 Å². The number of amides is 2. The Hall–Kier alpha value is -2.30. The van der Waals surface area contributed by atoms with Gasteiger partial charge in [-0.15, -0.1) is 0 Å². The average molecular weight is 338 g/mol. The molecule has 132 valence electrons. The molecule has 0 aliphatic heterocycles. The number of carbonyl (C=O) groups is 1. The van der Waals surface area contributed by atoms with Gasteiger partial charge in [-0.05, 0) is 44.1 Å². The van der Waals surface area contributed by atoms with Crippen LogP contribution in [0.3, 0.4) is 0 Å². The van der Waals surface area contributed by atoms with E-state index in [9.17, 15) is 4.79 Å². The number of hydrogen-bond acceptors (Lipinski definition) is 2. The third-order valence-corrected chi connectivity index (χ3v) is 5.44. The van der Waals surface area contributed by atoms with Crippen LogP contribution >= 0.6 is 0 Å². The lowest BCUT2D eigenvalue weighted by atomic mass is 10.1. The van der Waals surface area contributed by atoms with Gasteiger partial charge in [0.2, 0.25) is 0 Å². The number of hydrogen-bond donors (Lipinski definition) is 1. The van der Waals surface area contributed by atoms with E-state index < -0.39 is 0 Å². The van der Waals surface area contributed by atoms with Crippen LogP contribution in [0.25, 0.3) is 0 Å². The molecule has 2 aromatic rings. The molecule has 2 aliphatic carbocycles. The van der Waals surface area contributed by atoms with Crippen molar-refractivity contribution in [1.29, 1.82) is 0 Å². The molecule has 2 aliphatic rings.